The number of hydroxylamine groups is 2. The maximum absolute atomic E-state index is 10.4. The van der Waals surface area contributed by atoms with E-state index in [0.29, 0.717) is 0 Å². The van der Waals surface area contributed by atoms with Crippen molar-refractivity contribution in [2.45, 2.75) is 109 Å². The molecule has 0 radical (unpaired) electrons. The molecule has 0 aliphatic carbocycles. The van der Waals surface area contributed by atoms with E-state index in [1.165, 1.54) is 32.1 Å². The van der Waals surface area contributed by atoms with Gasteiger partial charge in [0.05, 0.1) is 19.3 Å². The Kier molecular flexibility index (Phi) is 11.4. The molecule has 0 bridgehead atoms. The van der Waals surface area contributed by atoms with Crippen LogP contribution in [0.5, 0.6) is 5.75 Å². The molecule has 5 nitrogen and oxygen atoms in total. The van der Waals surface area contributed by atoms with Crippen LogP contribution in [0.4, 0.5) is 0 Å². The van der Waals surface area contributed by atoms with Gasteiger partial charge in [-0.15, -0.1) is 0 Å². The standard InChI is InChI=1S/C28H47NO4/c1-7-9-10-11-12-13-18-33-29-27(3,4)19-26(20-28(29,5)6)32-22-24(30)21-31-25-16-14-23(8-2)15-17-25/h8,14-17,24,26,30H,2,7,9-13,18-22H2,1,3-6H3. The molecule has 1 aromatic carbocycles. The molecule has 0 saturated carbocycles. The van der Waals surface area contributed by atoms with Crippen molar-refractivity contribution >= 4 is 6.08 Å². The number of aliphatic hydroxyl groups is 1. The van der Waals surface area contributed by atoms with E-state index in [9.17, 15) is 5.11 Å². The summed E-state index contributed by atoms with van der Waals surface area (Å²) in [6.45, 7) is 16.1. The molecule has 1 aromatic rings. The van der Waals surface area contributed by atoms with Crippen molar-refractivity contribution in [2.24, 2.45) is 0 Å². The summed E-state index contributed by atoms with van der Waals surface area (Å²) in [6, 6.07) is 7.66. The highest BCUT2D eigenvalue weighted by Gasteiger charge is 2.47. The maximum atomic E-state index is 10.4. The number of ether oxygens (including phenoxy) is 2. The Labute approximate surface area is 202 Å². The summed E-state index contributed by atoms with van der Waals surface area (Å²) in [6.07, 6.45) is 10.5. The molecule has 0 aromatic heterocycles. The molecule has 1 aliphatic rings. The topological polar surface area (TPSA) is 51.2 Å². The molecule has 1 saturated heterocycles. The smallest absolute Gasteiger partial charge is 0.119 e. The van der Waals surface area contributed by atoms with Crippen molar-refractivity contribution in [3.8, 4) is 5.75 Å². The zero-order valence-electron chi connectivity index (χ0n) is 21.6. The van der Waals surface area contributed by atoms with Gasteiger partial charge >= 0.3 is 0 Å². The number of aliphatic hydroxyl groups excluding tert-OH is 1. The third-order valence-electron chi connectivity index (χ3n) is 6.35. The Balaban J connectivity index is 1.74. The first-order valence-corrected chi connectivity index (χ1v) is 12.8. The molecule has 33 heavy (non-hydrogen) atoms. The van der Waals surface area contributed by atoms with Crippen molar-refractivity contribution in [2.75, 3.05) is 19.8 Å². The largest absolute Gasteiger partial charge is 0.491 e. The van der Waals surface area contributed by atoms with Crippen LogP contribution in [0.2, 0.25) is 0 Å². The molecular formula is C28H47NO4. The van der Waals surface area contributed by atoms with Gasteiger partial charge in [0.1, 0.15) is 18.5 Å². The fraction of sp³-hybridized carbons (Fsp3) is 0.714. The lowest BCUT2D eigenvalue weighted by atomic mass is 9.80. The van der Waals surface area contributed by atoms with Crippen LogP contribution >= 0.6 is 0 Å². The molecule has 2 rings (SSSR count). The van der Waals surface area contributed by atoms with Gasteiger partial charge in [0.25, 0.3) is 0 Å². The van der Waals surface area contributed by atoms with E-state index in [0.717, 1.165) is 37.2 Å². The number of hydrogen-bond donors (Lipinski definition) is 1. The van der Waals surface area contributed by atoms with Crippen LogP contribution in [0, 0.1) is 0 Å². The van der Waals surface area contributed by atoms with E-state index in [1.807, 2.05) is 24.3 Å². The average Bonchev–Trinajstić information content (AvgIpc) is 2.76. The Morgan fingerprint density at radius 3 is 2.21 bits per heavy atom. The van der Waals surface area contributed by atoms with Crippen molar-refractivity contribution in [3.05, 3.63) is 36.4 Å². The highest BCUT2D eigenvalue weighted by atomic mass is 16.7. The Morgan fingerprint density at radius 1 is 1.00 bits per heavy atom. The molecular weight excluding hydrogens is 414 g/mol. The zero-order chi connectivity index (χ0) is 24.3. The maximum Gasteiger partial charge on any atom is 0.119 e. The predicted octanol–water partition coefficient (Wildman–Crippen LogP) is 6.40. The van der Waals surface area contributed by atoms with Crippen LogP contribution in [0.25, 0.3) is 6.08 Å². The minimum Gasteiger partial charge on any atom is -0.491 e. The van der Waals surface area contributed by atoms with Gasteiger partial charge in [0.15, 0.2) is 0 Å². The van der Waals surface area contributed by atoms with Crippen LogP contribution in [-0.2, 0) is 9.57 Å². The van der Waals surface area contributed by atoms with Gasteiger partial charge in [-0.05, 0) is 64.7 Å². The monoisotopic (exact) mass is 461 g/mol. The minimum atomic E-state index is -0.669. The van der Waals surface area contributed by atoms with E-state index < -0.39 is 6.10 Å². The van der Waals surface area contributed by atoms with Gasteiger partial charge in [0.2, 0.25) is 0 Å². The van der Waals surface area contributed by atoms with Crippen molar-refractivity contribution < 1.29 is 19.4 Å². The molecule has 0 amide bonds. The molecule has 0 spiro atoms. The summed E-state index contributed by atoms with van der Waals surface area (Å²) in [5.41, 5.74) is 0.769. The van der Waals surface area contributed by atoms with Gasteiger partial charge in [-0.2, -0.15) is 5.06 Å². The third-order valence-corrected chi connectivity index (χ3v) is 6.35. The molecule has 1 aliphatic heterocycles. The molecule has 1 heterocycles. The summed E-state index contributed by atoms with van der Waals surface area (Å²) in [5.74, 6) is 0.734. The second kappa shape index (κ2) is 13.5. The van der Waals surface area contributed by atoms with E-state index in [-0.39, 0.29) is 30.4 Å². The summed E-state index contributed by atoms with van der Waals surface area (Å²) in [7, 11) is 0. The normalized spacial score (nSPS) is 19.3. The van der Waals surface area contributed by atoms with E-state index >= 15 is 0 Å². The lowest BCUT2D eigenvalue weighted by Crippen LogP contribution is -2.62. The van der Waals surface area contributed by atoms with E-state index in [1.54, 1.807) is 6.08 Å². The zero-order valence-corrected chi connectivity index (χ0v) is 21.6. The molecule has 1 N–H and O–H groups in total. The molecule has 1 fully saturated rings. The fourth-order valence-electron chi connectivity index (χ4n) is 4.87. The first kappa shape index (κ1) is 27.8. The summed E-state index contributed by atoms with van der Waals surface area (Å²) in [4.78, 5) is 6.30. The lowest BCUT2D eigenvalue weighted by Gasteiger charge is -2.53. The lowest BCUT2D eigenvalue weighted by molar-refractivity contribution is -0.296. The van der Waals surface area contributed by atoms with Gasteiger partial charge in [-0.1, -0.05) is 63.8 Å². The fourth-order valence-corrected chi connectivity index (χ4v) is 4.87. The minimum absolute atomic E-state index is 0.0745. The SMILES string of the molecule is C=Cc1ccc(OCC(O)COC2CC(C)(C)N(OCCCCCCCC)C(C)(C)C2)cc1. The van der Waals surface area contributed by atoms with Crippen LogP contribution in [0.3, 0.4) is 0 Å². The van der Waals surface area contributed by atoms with Gasteiger partial charge < -0.3 is 14.6 Å². The third kappa shape index (κ3) is 9.40. The molecule has 1 atom stereocenters. The number of unbranched alkanes of at least 4 members (excludes halogenated alkanes) is 5. The number of hydrogen-bond acceptors (Lipinski definition) is 5. The van der Waals surface area contributed by atoms with Crippen molar-refractivity contribution in [1.29, 1.82) is 0 Å². The van der Waals surface area contributed by atoms with Gasteiger partial charge in [-0.25, -0.2) is 0 Å². The van der Waals surface area contributed by atoms with Crippen LogP contribution in [0.15, 0.2) is 30.8 Å². The Hall–Kier alpha value is -1.40. The highest BCUT2D eigenvalue weighted by Crippen LogP contribution is 2.40. The van der Waals surface area contributed by atoms with Crippen molar-refractivity contribution in [1.82, 2.24) is 5.06 Å². The summed E-state index contributed by atoms with van der Waals surface area (Å²) >= 11 is 0. The number of benzene rings is 1. The Morgan fingerprint density at radius 2 is 1.61 bits per heavy atom. The quantitative estimate of drug-likeness (QED) is 0.306. The molecule has 5 heteroatoms. The number of rotatable bonds is 15. The van der Waals surface area contributed by atoms with Crippen molar-refractivity contribution in [3.63, 3.8) is 0 Å². The van der Waals surface area contributed by atoms with Gasteiger partial charge in [-0.3, -0.25) is 4.84 Å². The van der Waals surface area contributed by atoms with E-state index in [4.69, 9.17) is 14.3 Å². The molecule has 188 valence electrons. The highest BCUT2D eigenvalue weighted by molar-refractivity contribution is 5.48. The molecule has 1 unspecified atom stereocenters. The van der Waals surface area contributed by atoms with Crippen LogP contribution in [-0.4, -0.2) is 53.3 Å². The number of piperidine rings is 1. The predicted molar refractivity (Wildman–Crippen MR) is 136 cm³/mol. The van der Waals surface area contributed by atoms with Gasteiger partial charge in [0, 0.05) is 11.1 Å². The summed E-state index contributed by atoms with van der Waals surface area (Å²) in [5, 5.41) is 12.6. The second-order valence-corrected chi connectivity index (χ2v) is 10.6. The first-order valence-electron chi connectivity index (χ1n) is 12.8. The van der Waals surface area contributed by atoms with E-state index in [2.05, 4.69) is 46.3 Å². The second-order valence-electron chi connectivity index (χ2n) is 10.6. The van der Waals surface area contributed by atoms with Crippen LogP contribution < -0.4 is 4.74 Å². The Bertz CT molecular complexity index is 668. The summed E-state index contributed by atoms with van der Waals surface area (Å²) < 4.78 is 11.8. The van der Waals surface area contributed by atoms with Crippen LogP contribution in [0.1, 0.15) is 91.5 Å². The average molecular weight is 462 g/mol. The number of nitrogens with zero attached hydrogens (tertiary/aromatic N) is 1. The first-order chi connectivity index (χ1) is 15.7.